The fourth-order valence-electron chi connectivity index (χ4n) is 6.46. The highest BCUT2D eigenvalue weighted by Crippen LogP contribution is 2.63. The number of fused-ring (bicyclic) bond motifs is 5. The van der Waals surface area contributed by atoms with Crippen LogP contribution in [0.2, 0.25) is 0 Å². The zero-order valence-corrected chi connectivity index (χ0v) is 20.6. The van der Waals surface area contributed by atoms with Gasteiger partial charge in [-0.15, -0.1) is 0 Å². The predicted molar refractivity (Wildman–Crippen MR) is 152 cm³/mol. The highest BCUT2D eigenvalue weighted by molar-refractivity contribution is 5.90. The summed E-state index contributed by atoms with van der Waals surface area (Å²) < 4.78 is 6.71. The van der Waals surface area contributed by atoms with E-state index >= 15 is 0 Å². The normalized spacial score (nSPS) is 16.2. The third-order valence-electron chi connectivity index (χ3n) is 8.03. The van der Waals surface area contributed by atoms with Gasteiger partial charge in [-0.3, -0.25) is 4.98 Å². The van der Waals surface area contributed by atoms with Crippen molar-refractivity contribution in [1.82, 2.24) is 4.98 Å². The molecule has 1 atom stereocenters. The lowest BCUT2D eigenvalue weighted by Crippen LogP contribution is -2.31. The van der Waals surface area contributed by atoms with Gasteiger partial charge in [0.2, 0.25) is 0 Å². The van der Waals surface area contributed by atoms with E-state index in [0.717, 1.165) is 33.8 Å². The Balaban J connectivity index is 1.37. The number of hydrogen-bond acceptors (Lipinski definition) is 2. The Hall–Kier alpha value is -4.95. The van der Waals surface area contributed by atoms with Gasteiger partial charge in [-0.05, 0) is 63.2 Å². The summed E-state index contributed by atoms with van der Waals surface area (Å²) in [4.78, 5) is 4.30. The summed E-state index contributed by atoms with van der Waals surface area (Å²) in [6.07, 6.45) is 3.71. The van der Waals surface area contributed by atoms with Gasteiger partial charge in [0.1, 0.15) is 11.5 Å². The number of aromatic nitrogens is 1. The van der Waals surface area contributed by atoms with Crippen molar-refractivity contribution < 1.29 is 4.74 Å². The van der Waals surface area contributed by atoms with Crippen molar-refractivity contribution in [2.24, 2.45) is 0 Å². The molecule has 8 rings (SSSR count). The number of benzene rings is 5. The summed E-state index contributed by atoms with van der Waals surface area (Å²) in [5, 5.41) is 0. The van der Waals surface area contributed by atoms with Gasteiger partial charge in [-0.25, -0.2) is 0 Å². The molecule has 1 unspecified atom stereocenters. The van der Waals surface area contributed by atoms with E-state index in [2.05, 4.69) is 126 Å². The number of hydrogen-bond donors (Lipinski definition) is 0. The van der Waals surface area contributed by atoms with Gasteiger partial charge < -0.3 is 4.74 Å². The molecule has 6 aromatic rings. The summed E-state index contributed by atoms with van der Waals surface area (Å²) in [7, 11) is 0. The SMILES string of the molecule is c1ccc(C23c4ccc(-c5cccc(-c6cccnc6)c5)cc4Oc4cccc(c42)-c2ccccc23)cc1. The maximum Gasteiger partial charge on any atom is 0.132 e. The molecule has 2 heterocycles. The van der Waals surface area contributed by atoms with Crippen molar-refractivity contribution in [3.8, 4) is 44.9 Å². The lowest BCUT2D eigenvalue weighted by Gasteiger charge is -2.39. The van der Waals surface area contributed by atoms with Gasteiger partial charge in [0.05, 0.1) is 5.41 Å². The molecule has 0 fully saturated rings. The lowest BCUT2D eigenvalue weighted by molar-refractivity contribution is 0.438. The van der Waals surface area contributed by atoms with Crippen LogP contribution in [0, 0.1) is 0 Å². The van der Waals surface area contributed by atoms with E-state index in [0.29, 0.717) is 0 Å². The predicted octanol–water partition coefficient (Wildman–Crippen LogP) is 8.88. The van der Waals surface area contributed by atoms with Gasteiger partial charge in [0.15, 0.2) is 0 Å². The molecule has 0 amide bonds. The molecule has 1 aromatic heterocycles. The van der Waals surface area contributed by atoms with Crippen LogP contribution in [0.15, 0.2) is 140 Å². The van der Waals surface area contributed by atoms with Crippen LogP contribution in [-0.4, -0.2) is 4.98 Å². The molecule has 2 nitrogen and oxygen atoms in total. The second-order valence-corrected chi connectivity index (χ2v) is 9.98. The Kier molecular flexibility index (Phi) is 4.47. The van der Waals surface area contributed by atoms with Crippen LogP contribution in [0.4, 0.5) is 0 Å². The first kappa shape index (κ1) is 21.2. The Morgan fingerprint density at radius 1 is 0.500 bits per heavy atom. The van der Waals surface area contributed by atoms with Crippen LogP contribution in [0.1, 0.15) is 22.3 Å². The van der Waals surface area contributed by atoms with Gasteiger partial charge in [0, 0.05) is 29.1 Å². The molecule has 0 saturated carbocycles. The summed E-state index contributed by atoms with van der Waals surface area (Å²) in [5.74, 6) is 1.83. The standard InChI is InChI=1S/C36H23NO/c1-2-12-28(13-3-1)36-31-16-5-4-14-29(31)30-15-7-17-33(35(30)36)38-34-22-26(18-19-32(34)36)24-9-6-10-25(21-24)27-11-8-20-37-23-27/h1-23H. The van der Waals surface area contributed by atoms with E-state index < -0.39 is 5.41 Å². The molecule has 2 aliphatic rings. The molecule has 5 aromatic carbocycles. The third-order valence-corrected chi connectivity index (χ3v) is 8.03. The number of pyridine rings is 1. The first-order valence-electron chi connectivity index (χ1n) is 13.0. The van der Waals surface area contributed by atoms with E-state index in [9.17, 15) is 0 Å². The zero-order valence-electron chi connectivity index (χ0n) is 20.6. The van der Waals surface area contributed by atoms with E-state index in [4.69, 9.17) is 4.74 Å². The smallest absolute Gasteiger partial charge is 0.132 e. The molecule has 2 heteroatoms. The molecular weight excluding hydrogens is 462 g/mol. The van der Waals surface area contributed by atoms with Gasteiger partial charge >= 0.3 is 0 Å². The molecule has 0 saturated heterocycles. The summed E-state index contributed by atoms with van der Waals surface area (Å²) in [6, 6.07) is 45.6. The molecule has 0 spiro atoms. The Morgan fingerprint density at radius 2 is 1.24 bits per heavy atom. The fraction of sp³-hybridized carbons (Fsp3) is 0.0278. The topological polar surface area (TPSA) is 22.1 Å². The maximum atomic E-state index is 6.71. The molecule has 0 N–H and O–H groups in total. The number of ether oxygens (including phenoxy) is 1. The average molecular weight is 486 g/mol. The molecule has 0 bridgehead atoms. The van der Waals surface area contributed by atoms with Crippen molar-refractivity contribution in [2.45, 2.75) is 5.41 Å². The van der Waals surface area contributed by atoms with Crippen molar-refractivity contribution in [1.29, 1.82) is 0 Å². The van der Waals surface area contributed by atoms with Crippen LogP contribution < -0.4 is 4.74 Å². The highest BCUT2D eigenvalue weighted by Gasteiger charge is 2.51. The van der Waals surface area contributed by atoms with E-state index in [1.165, 1.54) is 33.4 Å². The maximum absolute atomic E-state index is 6.71. The van der Waals surface area contributed by atoms with Crippen LogP contribution in [0.3, 0.4) is 0 Å². The third kappa shape index (κ3) is 2.86. The summed E-state index contributed by atoms with van der Waals surface area (Å²) >= 11 is 0. The monoisotopic (exact) mass is 485 g/mol. The molecule has 178 valence electrons. The minimum absolute atomic E-state index is 0.423. The zero-order chi connectivity index (χ0) is 25.1. The second kappa shape index (κ2) is 8.03. The molecule has 1 aliphatic carbocycles. The quantitative estimate of drug-likeness (QED) is 0.249. The van der Waals surface area contributed by atoms with Crippen LogP contribution in [0.5, 0.6) is 11.5 Å². The van der Waals surface area contributed by atoms with Crippen LogP contribution in [-0.2, 0) is 5.41 Å². The number of nitrogens with zero attached hydrogens (tertiary/aromatic N) is 1. The molecule has 1 aliphatic heterocycles. The fourth-order valence-corrected chi connectivity index (χ4v) is 6.46. The largest absolute Gasteiger partial charge is 0.457 e. The second-order valence-electron chi connectivity index (χ2n) is 9.98. The lowest BCUT2D eigenvalue weighted by atomic mass is 9.66. The average Bonchev–Trinajstić information content (AvgIpc) is 3.31. The summed E-state index contributed by atoms with van der Waals surface area (Å²) in [5.41, 5.74) is 11.6. The first-order chi connectivity index (χ1) is 18.8. The van der Waals surface area contributed by atoms with E-state index in [1.807, 2.05) is 12.3 Å². The van der Waals surface area contributed by atoms with Crippen molar-refractivity contribution in [3.63, 3.8) is 0 Å². The van der Waals surface area contributed by atoms with Gasteiger partial charge in [-0.2, -0.15) is 0 Å². The minimum Gasteiger partial charge on any atom is -0.457 e. The van der Waals surface area contributed by atoms with Crippen molar-refractivity contribution in [3.05, 3.63) is 162 Å². The minimum atomic E-state index is -0.423. The molecule has 38 heavy (non-hydrogen) atoms. The highest BCUT2D eigenvalue weighted by atomic mass is 16.5. The van der Waals surface area contributed by atoms with Crippen molar-refractivity contribution >= 4 is 0 Å². The Bertz CT molecular complexity index is 1840. The number of rotatable bonds is 3. The van der Waals surface area contributed by atoms with Gasteiger partial charge in [-0.1, -0.05) is 103 Å². The van der Waals surface area contributed by atoms with E-state index in [1.54, 1.807) is 6.20 Å². The van der Waals surface area contributed by atoms with Gasteiger partial charge in [0.25, 0.3) is 0 Å². The Morgan fingerprint density at radius 3 is 2.11 bits per heavy atom. The first-order valence-corrected chi connectivity index (χ1v) is 13.0. The van der Waals surface area contributed by atoms with E-state index in [-0.39, 0.29) is 0 Å². The summed E-state index contributed by atoms with van der Waals surface area (Å²) in [6.45, 7) is 0. The molecular formula is C36H23NO. The molecule has 0 radical (unpaired) electrons. The van der Waals surface area contributed by atoms with Crippen molar-refractivity contribution in [2.75, 3.05) is 0 Å². The van der Waals surface area contributed by atoms with Crippen LogP contribution in [0.25, 0.3) is 33.4 Å². The van der Waals surface area contributed by atoms with Crippen LogP contribution >= 0.6 is 0 Å². The Labute approximate surface area is 221 Å².